The molecule has 1 saturated heterocycles. The Kier molecular flexibility index (Phi) is 7.21. The highest BCUT2D eigenvalue weighted by atomic mass is 32.2. The van der Waals surface area contributed by atoms with Gasteiger partial charge in [-0.3, -0.25) is 9.52 Å². The molecule has 11 heteroatoms. The first kappa shape index (κ1) is 22.7. The fourth-order valence-electron chi connectivity index (χ4n) is 3.05. The maximum absolute atomic E-state index is 12.7. The summed E-state index contributed by atoms with van der Waals surface area (Å²) >= 11 is 0. The molecule has 0 aromatic heterocycles. The summed E-state index contributed by atoms with van der Waals surface area (Å²) in [6, 6.07) is 10.8. The van der Waals surface area contributed by atoms with E-state index in [1.54, 1.807) is 42.5 Å². The molecule has 0 saturated carbocycles. The van der Waals surface area contributed by atoms with Crippen molar-refractivity contribution in [3.63, 3.8) is 0 Å². The molecule has 1 aliphatic rings. The fraction of sp³-hybridized carbons (Fsp3) is 0.350. The van der Waals surface area contributed by atoms with Crippen molar-refractivity contribution in [3.05, 3.63) is 42.5 Å². The minimum atomic E-state index is -3.78. The summed E-state index contributed by atoms with van der Waals surface area (Å²) in [5.74, 6) is 1.27. The lowest BCUT2D eigenvalue weighted by molar-refractivity contribution is -0.117. The Morgan fingerprint density at radius 3 is 2.42 bits per heavy atom. The quantitative estimate of drug-likeness (QED) is 0.454. The van der Waals surface area contributed by atoms with E-state index in [0.717, 1.165) is 0 Å². The van der Waals surface area contributed by atoms with E-state index in [0.29, 0.717) is 35.2 Å². The van der Waals surface area contributed by atoms with Crippen LogP contribution in [0.25, 0.3) is 0 Å². The normalized spacial score (nSPS) is 18.3. The molecule has 0 spiro atoms. The lowest BCUT2D eigenvalue weighted by Gasteiger charge is -2.15. The van der Waals surface area contributed by atoms with Crippen molar-refractivity contribution in [2.45, 2.75) is 24.8 Å². The van der Waals surface area contributed by atoms with Gasteiger partial charge in [-0.2, -0.15) is 0 Å². The molecule has 3 rings (SSSR count). The number of nitrogens with one attached hydrogen (secondary N) is 4. The minimum absolute atomic E-state index is 0.0384. The average Bonchev–Trinajstić information content (AvgIpc) is 3.27. The second-order valence-corrected chi connectivity index (χ2v) is 8.59. The zero-order chi connectivity index (χ0) is 22.4. The first-order valence-corrected chi connectivity index (χ1v) is 11.2. The number of rotatable bonds is 9. The molecule has 2 unspecified atom stereocenters. The van der Waals surface area contributed by atoms with Gasteiger partial charge < -0.3 is 19.5 Å². The van der Waals surface area contributed by atoms with Crippen molar-refractivity contribution in [2.75, 3.05) is 30.9 Å². The summed E-state index contributed by atoms with van der Waals surface area (Å²) in [6.45, 7) is 2.39. The number of carbonyl (C=O) groups is 1. The van der Waals surface area contributed by atoms with Crippen LogP contribution >= 0.6 is 0 Å². The Balaban J connectivity index is 1.61. The topological polar surface area (TPSA) is 127 Å². The lowest BCUT2D eigenvalue weighted by atomic mass is 10.2. The van der Waals surface area contributed by atoms with Gasteiger partial charge in [0.15, 0.2) is 0 Å². The van der Waals surface area contributed by atoms with Crippen molar-refractivity contribution in [2.24, 2.45) is 0 Å². The SMILES string of the molecule is CCOc1ccc(NS(=O)(=O)C2CC(C(=O)Nc3ccc(OC)cc3OC)NN2)cc1. The molecule has 1 amide bonds. The van der Waals surface area contributed by atoms with E-state index in [1.807, 2.05) is 6.92 Å². The van der Waals surface area contributed by atoms with Crippen molar-refractivity contribution in [1.29, 1.82) is 0 Å². The summed E-state index contributed by atoms with van der Waals surface area (Å²) in [5, 5.41) is 1.75. The fourth-order valence-corrected chi connectivity index (χ4v) is 4.32. The summed E-state index contributed by atoms with van der Waals surface area (Å²) in [5.41, 5.74) is 6.27. The van der Waals surface area contributed by atoms with Crippen molar-refractivity contribution in [1.82, 2.24) is 10.9 Å². The lowest BCUT2D eigenvalue weighted by Crippen LogP contribution is -2.42. The summed E-state index contributed by atoms with van der Waals surface area (Å²) < 4.78 is 43.7. The molecule has 0 radical (unpaired) electrons. The number of benzene rings is 2. The first-order valence-electron chi connectivity index (χ1n) is 9.64. The Morgan fingerprint density at radius 2 is 1.77 bits per heavy atom. The van der Waals surface area contributed by atoms with Gasteiger partial charge in [0.05, 0.1) is 26.5 Å². The molecule has 0 aliphatic carbocycles. The van der Waals surface area contributed by atoms with Crippen LogP contribution in [0.4, 0.5) is 11.4 Å². The van der Waals surface area contributed by atoms with E-state index in [4.69, 9.17) is 14.2 Å². The number of hydrogen-bond acceptors (Lipinski definition) is 8. The molecule has 1 heterocycles. The number of anilines is 2. The van der Waals surface area contributed by atoms with Gasteiger partial charge in [-0.05, 0) is 43.3 Å². The van der Waals surface area contributed by atoms with E-state index in [1.165, 1.54) is 14.2 Å². The summed E-state index contributed by atoms with van der Waals surface area (Å²) in [4.78, 5) is 12.6. The number of hydrazine groups is 1. The van der Waals surface area contributed by atoms with Gasteiger partial charge in [-0.1, -0.05) is 0 Å². The van der Waals surface area contributed by atoms with Crippen LogP contribution in [0.5, 0.6) is 17.2 Å². The zero-order valence-corrected chi connectivity index (χ0v) is 18.3. The zero-order valence-electron chi connectivity index (χ0n) is 17.5. The third-order valence-electron chi connectivity index (χ3n) is 4.65. The highest BCUT2D eigenvalue weighted by molar-refractivity contribution is 7.93. The van der Waals surface area contributed by atoms with Crippen LogP contribution in [0, 0.1) is 0 Å². The Labute approximate surface area is 181 Å². The van der Waals surface area contributed by atoms with Crippen LogP contribution < -0.4 is 35.1 Å². The van der Waals surface area contributed by atoms with Gasteiger partial charge in [-0.25, -0.2) is 19.3 Å². The van der Waals surface area contributed by atoms with Gasteiger partial charge in [0.25, 0.3) is 0 Å². The number of amides is 1. The standard InChI is InChI=1S/C20H26N4O6S/c1-4-30-14-7-5-13(6-8-14)24-31(26,27)19-12-17(22-23-19)20(25)21-16-10-9-15(28-2)11-18(16)29-3/h5-11,17,19,22-24H,4,12H2,1-3H3,(H,21,25). The van der Waals surface area contributed by atoms with Crippen LogP contribution in [-0.2, 0) is 14.8 Å². The van der Waals surface area contributed by atoms with Crippen molar-refractivity contribution in [3.8, 4) is 17.2 Å². The minimum Gasteiger partial charge on any atom is -0.497 e. The molecule has 2 atom stereocenters. The highest BCUT2D eigenvalue weighted by Gasteiger charge is 2.37. The van der Waals surface area contributed by atoms with Gasteiger partial charge in [0.2, 0.25) is 15.9 Å². The molecule has 1 aliphatic heterocycles. The molecule has 0 bridgehead atoms. The molecule has 2 aromatic carbocycles. The van der Waals surface area contributed by atoms with Crippen molar-refractivity contribution >= 4 is 27.3 Å². The Hall–Kier alpha value is -3.02. The summed E-state index contributed by atoms with van der Waals surface area (Å²) in [7, 11) is -0.773. The molecular formula is C20H26N4O6S. The van der Waals surface area contributed by atoms with Crippen LogP contribution in [0.1, 0.15) is 13.3 Å². The molecule has 31 heavy (non-hydrogen) atoms. The highest BCUT2D eigenvalue weighted by Crippen LogP contribution is 2.29. The predicted molar refractivity (Wildman–Crippen MR) is 117 cm³/mol. The number of sulfonamides is 1. The van der Waals surface area contributed by atoms with Gasteiger partial charge in [-0.15, -0.1) is 0 Å². The van der Waals surface area contributed by atoms with E-state index < -0.39 is 27.3 Å². The molecular weight excluding hydrogens is 424 g/mol. The van der Waals surface area contributed by atoms with E-state index in [9.17, 15) is 13.2 Å². The maximum Gasteiger partial charge on any atom is 0.250 e. The van der Waals surface area contributed by atoms with Crippen LogP contribution in [0.15, 0.2) is 42.5 Å². The second kappa shape index (κ2) is 9.86. The first-order chi connectivity index (χ1) is 14.9. The van der Waals surface area contributed by atoms with E-state index in [-0.39, 0.29) is 6.42 Å². The van der Waals surface area contributed by atoms with Gasteiger partial charge >= 0.3 is 0 Å². The summed E-state index contributed by atoms with van der Waals surface area (Å²) in [6.07, 6.45) is 0.0384. The van der Waals surface area contributed by atoms with Crippen LogP contribution in [0.2, 0.25) is 0 Å². The van der Waals surface area contributed by atoms with Gasteiger partial charge in [0.1, 0.15) is 28.7 Å². The maximum atomic E-state index is 12.7. The largest absolute Gasteiger partial charge is 0.497 e. The number of carbonyl (C=O) groups excluding carboxylic acids is 1. The molecule has 168 valence electrons. The van der Waals surface area contributed by atoms with E-state index in [2.05, 4.69) is 20.9 Å². The second-order valence-electron chi connectivity index (χ2n) is 6.73. The number of hydrogen-bond donors (Lipinski definition) is 4. The monoisotopic (exact) mass is 450 g/mol. The Bertz CT molecular complexity index is 1010. The van der Waals surface area contributed by atoms with Crippen molar-refractivity contribution < 1.29 is 27.4 Å². The predicted octanol–water partition coefficient (Wildman–Crippen LogP) is 1.68. The number of ether oxygens (including phenoxy) is 3. The smallest absolute Gasteiger partial charge is 0.250 e. The number of methoxy groups -OCH3 is 2. The van der Waals surface area contributed by atoms with Gasteiger partial charge in [0, 0.05) is 18.2 Å². The molecule has 1 fully saturated rings. The molecule has 2 aromatic rings. The van der Waals surface area contributed by atoms with Crippen LogP contribution in [0.3, 0.4) is 0 Å². The van der Waals surface area contributed by atoms with Crippen LogP contribution in [-0.4, -0.2) is 46.6 Å². The average molecular weight is 451 g/mol. The molecule has 10 nitrogen and oxygen atoms in total. The Morgan fingerprint density at radius 1 is 1.06 bits per heavy atom. The molecule has 4 N–H and O–H groups in total. The third-order valence-corrected chi connectivity index (χ3v) is 6.23. The third kappa shape index (κ3) is 5.57. The van der Waals surface area contributed by atoms with E-state index >= 15 is 0 Å².